The Bertz CT molecular complexity index is 928. The zero-order chi connectivity index (χ0) is 21.4. The first-order chi connectivity index (χ1) is 13.7. The Kier molecular flexibility index (Phi) is 8.16. The summed E-state index contributed by atoms with van der Waals surface area (Å²) in [7, 11) is -0.228. The lowest BCUT2D eigenvalue weighted by molar-refractivity contribution is 0.410. The highest BCUT2D eigenvalue weighted by molar-refractivity contribution is 7.89. The molecular weight excluding hydrogens is 391 g/mol. The summed E-state index contributed by atoms with van der Waals surface area (Å²) in [5.41, 5.74) is 1.85. The van der Waals surface area contributed by atoms with E-state index in [2.05, 4.69) is 15.6 Å². The van der Waals surface area contributed by atoms with E-state index in [1.54, 1.807) is 44.4 Å². The second-order valence-corrected chi connectivity index (χ2v) is 8.99. The average Bonchev–Trinajstić information content (AvgIpc) is 2.70. The molecule has 0 heterocycles. The van der Waals surface area contributed by atoms with Gasteiger partial charge >= 0.3 is 0 Å². The Labute approximate surface area is 172 Å². The molecule has 0 amide bonds. The summed E-state index contributed by atoms with van der Waals surface area (Å²) < 4.78 is 39.6. The van der Waals surface area contributed by atoms with Crippen LogP contribution in [0.15, 0.2) is 58.4 Å². The minimum atomic E-state index is -3.48. The third kappa shape index (κ3) is 6.54. The van der Waals surface area contributed by atoms with Crippen LogP contribution in [0.3, 0.4) is 0 Å². The van der Waals surface area contributed by atoms with Gasteiger partial charge in [-0.2, -0.15) is 4.31 Å². The fraction of sp³-hybridized carbons (Fsp3) is 0.381. The van der Waals surface area contributed by atoms with Crippen LogP contribution in [0.4, 0.5) is 4.39 Å². The lowest BCUT2D eigenvalue weighted by atomic mass is 10.1. The molecule has 0 spiro atoms. The summed E-state index contributed by atoms with van der Waals surface area (Å²) in [6.07, 6.45) is 0.675. The summed E-state index contributed by atoms with van der Waals surface area (Å²) >= 11 is 0. The van der Waals surface area contributed by atoms with Crippen LogP contribution < -0.4 is 10.6 Å². The van der Waals surface area contributed by atoms with E-state index in [1.165, 1.54) is 16.4 Å². The van der Waals surface area contributed by atoms with E-state index in [0.29, 0.717) is 25.5 Å². The highest BCUT2D eigenvalue weighted by Crippen LogP contribution is 2.17. The normalized spacial score (nSPS) is 12.4. The Morgan fingerprint density at radius 1 is 1.10 bits per heavy atom. The van der Waals surface area contributed by atoms with Gasteiger partial charge in [-0.15, -0.1) is 0 Å². The molecule has 0 saturated heterocycles. The molecule has 0 bridgehead atoms. The van der Waals surface area contributed by atoms with Crippen molar-refractivity contribution in [3.8, 4) is 0 Å². The quantitative estimate of drug-likeness (QED) is 0.509. The van der Waals surface area contributed by atoms with Crippen molar-refractivity contribution in [1.82, 2.24) is 14.9 Å². The minimum Gasteiger partial charge on any atom is -0.356 e. The molecule has 29 heavy (non-hydrogen) atoms. The van der Waals surface area contributed by atoms with Crippen LogP contribution >= 0.6 is 0 Å². The zero-order valence-electron chi connectivity index (χ0n) is 17.3. The van der Waals surface area contributed by atoms with Gasteiger partial charge in [0.25, 0.3) is 0 Å². The average molecular weight is 421 g/mol. The van der Waals surface area contributed by atoms with Crippen molar-refractivity contribution in [2.45, 2.75) is 37.8 Å². The number of nitrogens with zero attached hydrogens (tertiary/aromatic N) is 2. The molecule has 158 valence electrons. The maximum atomic E-state index is 13.2. The van der Waals surface area contributed by atoms with Crippen molar-refractivity contribution >= 4 is 16.0 Å². The Hall–Kier alpha value is -2.45. The number of benzene rings is 2. The largest absolute Gasteiger partial charge is 0.356 e. The van der Waals surface area contributed by atoms with E-state index < -0.39 is 10.0 Å². The second-order valence-electron chi connectivity index (χ2n) is 6.99. The van der Waals surface area contributed by atoms with Gasteiger partial charge in [0.2, 0.25) is 10.0 Å². The van der Waals surface area contributed by atoms with E-state index in [1.807, 2.05) is 19.9 Å². The van der Waals surface area contributed by atoms with E-state index in [-0.39, 0.29) is 16.8 Å². The van der Waals surface area contributed by atoms with E-state index in [4.69, 9.17) is 0 Å². The van der Waals surface area contributed by atoms with Gasteiger partial charge in [0.1, 0.15) is 5.82 Å². The molecule has 2 aromatic rings. The van der Waals surface area contributed by atoms with Gasteiger partial charge in [-0.25, -0.2) is 12.8 Å². The van der Waals surface area contributed by atoms with Gasteiger partial charge in [-0.1, -0.05) is 24.3 Å². The molecule has 6 nitrogen and oxygen atoms in total. The van der Waals surface area contributed by atoms with Crippen LogP contribution in [0.25, 0.3) is 0 Å². The number of nitrogens with one attached hydrogen (secondary N) is 2. The molecule has 8 heteroatoms. The van der Waals surface area contributed by atoms with Crippen LogP contribution in [-0.2, 0) is 23.0 Å². The second kappa shape index (κ2) is 10.4. The fourth-order valence-electron chi connectivity index (χ4n) is 2.65. The molecule has 2 rings (SSSR count). The van der Waals surface area contributed by atoms with Crippen LogP contribution in [0.1, 0.15) is 25.0 Å². The number of aliphatic imine (C=N–C) groups is 1. The molecule has 2 N–H and O–H groups in total. The molecule has 0 saturated carbocycles. The van der Waals surface area contributed by atoms with E-state index in [0.717, 1.165) is 11.1 Å². The summed E-state index contributed by atoms with van der Waals surface area (Å²) in [6, 6.07) is 13.2. The lowest BCUT2D eigenvalue weighted by Crippen LogP contribution is -2.37. The predicted octanol–water partition coefficient (Wildman–Crippen LogP) is 2.76. The molecule has 0 aliphatic rings. The van der Waals surface area contributed by atoms with Gasteiger partial charge in [-0.05, 0) is 55.7 Å². The first-order valence-electron chi connectivity index (χ1n) is 9.50. The van der Waals surface area contributed by atoms with Crippen molar-refractivity contribution < 1.29 is 12.8 Å². The fourth-order valence-corrected chi connectivity index (χ4v) is 4.01. The number of sulfonamides is 1. The van der Waals surface area contributed by atoms with Crippen molar-refractivity contribution in [2.75, 3.05) is 20.6 Å². The predicted molar refractivity (Wildman–Crippen MR) is 115 cm³/mol. The van der Waals surface area contributed by atoms with E-state index in [9.17, 15) is 12.8 Å². The Morgan fingerprint density at radius 3 is 2.38 bits per heavy atom. The molecule has 0 aromatic heterocycles. The first-order valence-corrected chi connectivity index (χ1v) is 10.9. The van der Waals surface area contributed by atoms with Crippen LogP contribution in [0, 0.1) is 5.82 Å². The van der Waals surface area contributed by atoms with Gasteiger partial charge < -0.3 is 10.6 Å². The first kappa shape index (κ1) is 22.8. The highest BCUT2D eigenvalue weighted by atomic mass is 32.2. The molecule has 0 radical (unpaired) electrons. The summed E-state index contributed by atoms with van der Waals surface area (Å²) in [5, 5.41) is 6.37. The van der Waals surface area contributed by atoms with Gasteiger partial charge in [0, 0.05) is 33.2 Å². The molecule has 0 aliphatic heterocycles. The van der Waals surface area contributed by atoms with Crippen LogP contribution in [0.5, 0.6) is 0 Å². The zero-order valence-corrected chi connectivity index (χ0v) is 18.1. The third-order valence-corrected chi connectivity index (χ3v) is 6.65. The van der Waals surface area contributed by atoms with Crippen molar-refractivity contribution in [3.63, 3.8) is 0 Å². The maximum absolute atomic E-state index is 13.2. The molecule has 0 atom stereocenters. The number of halogens is 1. The monoisotopic (exact) mass is 420 g/mol. The molecule has 0 aliphatic carbocycles. The van der Waals surface area contributed by atoms with Crippen LogP contribution in [-0.4, -0.2) is 45.4 Å². The number of hydrogen-bond acceptors (Lipinski definition) is 3. The summed E-state index contributed by atoms with van der Waals surface area (Å²) in [6.45, 7) is 4.79. The molecular formula is C21H29FN4O2S. The van der Waals surface area contributed by atoms with Gasteiger partial charge in [0.15, 0.2) is 5.96 Å². The Balaban J connectivity index is 1.88. The number of guanidine groups is 1. The van der Waals surface area contributed by atoms with Gasteiger partial charge in [-0.3, -0.25) is 4.99 Å². The Morgan fingerprint density at radius 2 is 1.79 bits per heavy atom. The number of rotatable bonds is 8. The SMILES string of the molecule is CN=C(NCCc1cccc(F)c1)NCc1ccc(S(=O)(=O)N(C)C(C)C)cc1. The standard InChI is InChI=1S/C21H29FN4O2S/c1-16(2)26(4)29(27,28)20-10-8-18(9-11-20)15-25-21(23-3)24-13-12-17-6-5-7-19(22)14-17/h5-11,14,16H,12-13,15H2,1-4H3,(H2,23,24,25). The molecule has 2 aromatic carbocycles. The number of hydrogen-bond donors (Lipinski definition) is 2. The van der Waals surface area contributed by atoms with Crippen molar-refractivity contribution in [3.05, 3.63) is 65.5 Å². The highest BCUT2D eigenvalue weighted by Gasteiger charge is 2.22. The topological polar surface area (TPSA) is 73.8 Å². The molecule has 0 fully saturated rings. The summed E-state index contributed by atoms with van der Waals surface area (Å²) in [5.74, 6) is 0.382. The van der Waals surface area contributed by atoms with E-state index >= 15 is 0 Å². The minimum absolute atomic E-state index is 0.108. The summed E-state index contributed by atoms with van der Waals surface area (Å²) in [4.78, 5) is 4.44. The maximum Gasteiger partial charge on any atom is 0.243 e. The van der Waals surface area contributed by atoms with Crippen LogP contribution in [0.2, 0.25) is 0 Å². The van der Waals surface area contributed by atoms with Crippen molar-refractivity contribution in [2.24, 2.45) is 4.99 Å². The van der Waals surface area contributed by atoms with Crippen molar-refractivity contribution in [1.29, 1.82) is 0 Å². The lowest BCUT2D eigenvalue weighted by Gasteiger charge is -2.21. The third-order valence-electron chi connectivity index (χ3n) is 4.61. The van der Waals surface area contributed by atoms with Gasteiger partial charge in [0.05, 0.1) is 4.90 Å². The molecule has 0 unspecified atom stereocenters. The smallest absolute Gasteiger partial charge is 0.243 e.